The number of nitrogens with zero attached hydrogens (tertiary/aromatic N) is 2. The van der Waals surface area contributed by atoms with Crippen LogP contribution in [0.1, 0.15) is 30.8 Å². The predicted molar refractivity (Wildman–Crippen MR) is 93.8 cm³/mol. The molecule has 0 atom stereocenters. The third-order valence-electron chi connectivity index (χ3n) is 3.42. The van der Waals surface area contributed by atoms with Gasteiger partial charge in [0.05, 0.1) is 5.39 Å². The first kappa shape index (κ1) is 19.1. The summed E-state index contributed by atoms with van der Waals surface area (Å²) in [6.45, 7) is 3.65. The van der Waals surface area contributed by atoms with Crippen LogP contribution in [0, 0.1) is 0 Å². The maximum atomic E-state index is 12.4. The van der Waals surface area contributed by atoms with Crippen LogP contribution in [0.2, 0.25) is 0 Å². The molecule has 0 radical (unpaired) electrons. The molecule has 3 amide bonds. The van der Waals surface area contributed by atoms with Gasteiger partial charge >= 0.3 is 12.0 Å². The summed E-state index contributed by atoms with van der Waals surface area (Å²) in [6.07, 6.45) is 0.661. The highest BCUT2D eigenvalue weighted by molar-refractivity contribution is 6.03. The molecule has 26 heavy (non-hydrogen) atoms. The van der Waals surface area contributed by atoms with Crippen LogP contribution < -0.4 is 16.2 Å². The van der Waals surface area contributed by atoms with Crippen molar-refractivity contribution in [3.63, 3.8) is 0 Å². The number of rotatable bonds is 6. The Bertz CT molecular complexity index is 890. The average Bonchev–Trinajstić information content (AvgIpc) is 2.62. The lowest BCUT2D eigenvalue weighted by atomic mass is 10.1. The van der Waals surface area contributed by atoms with Crippen molar-refractivity contribution in [2.24, 2.45) is 0 Å². The number of aryl methyl sites for hydroxylation is 1. The molecule has 9 heteroatoms. The summed E-state index contributed by atoms with van der Waals surface area (Å²) in [5, 5.41) is 9.18. The molecule has 1 aromatic heterocycles. The number of hydrogen-bond donors (Lipinski definition) is 2. The van der Waals surface area contributed by atoms with Crippen molar-refractivity contribution in [2.75, 3.05) is 13.2 Å². The highest BCUT2D eigenvalue weighted by Gasteiger charge is 2.19. The number of hydrogen-bond acceptors (Lipinski definition) is 6. The van der Waals surface area contributed by atoms with Gasteiger partial charge in [-0.2, -0.15) is 5.10 Å². The molecule has 1 heterocycles. The Morgan fingerprint density at radius 3 is 2.50 bits per heavy atom. The molecule has 0 fully saturated rings. The molecule has 0 saturated carbocycles. The molecule has 9 nitrogen and oxygen atoms in total. The predicted octanol–water partition coefficient (Wildman–Crippen LogP) is 0.809. The van der Waals surface area contributed by atoms with Crippen LogP contribution >= 0.6 is 0 Å². The minimum absolute atomic E-state index is 0.0561. The third kappa shape index (κ3) is 4.44. The van der Waals surface area contributed by atoms with E-state index >= 15 is 0 Å². The summed E-state index contributed by atoms with van der Waals surface area (Å²) in [5.41, 5.74) is -0.354. The van der Waals surface area contributed by atoms with E-state index in [2.05, 4.69) is 10.4 Å². The molecular weight excluding hydrogens is 340 g/mol. The number of benzene rings is 1. The van der Waals surface area contributed by atoms with E-state index < -0.39 is 24.5 Å². The first-order valence-corrected chi connectivity index (χ1v) is 8.22. The summed E-state index contributed by atoms with van der Waals surface area (Å²) in [4.78, 5) is 47.6. The Morgan fingerprint density at radius 1 is 1.15 bits per heavy atom. The number of ether oxygens (including phenoxy) is 1. The second-order valence-corrected chi connectivity index (χ2v) is 5.41. The number of aromatic nitrogens is 2. The van der Waals surface area contributed by atoms with Crippen LogP contribution in [0.3, 0.4) is 0 Å². The lowest BCUT2D eigenvalue weighted by Gasteiger charge is -2.10. The first-order valence-electron chi connectivity index (χ1n) is 8.22. The minimum atomic E-state index is -0.850. The largest absolute Gasteiger partial charge is 0.451 e. The zero-order chi connectivity index (χ0) is 19.1. The van der Waals surface area contributed by atoms with Gasteiger partial charge in [-0.05, 0) is 19.4 Å². The Balaban J connectivity index is 2.22. The molecule has 2 N–H and O–H groups in total. The van der Waals surface area contributed by atoms with E-state index in [0.29, 0.717) is 30.3 Å². The number of urea groups is 1. The fourth-order valence-corrected chi connectivity index (χ4v) is 2.32. The summed E-state index contributed by atoms with van der Waals surface area (Å²) < 4.78 is 6.14. The third-order valence-corrected chi connectivity index (χ3v) is 3.42. The topological polar surface area (TPSA) is 119 Å². The van der Waals surface area contributed by atoms with E-state index in [0.717, 1.165) is 0 Å². The lowest BCUT2D eigenvalue weighted by Crippen LogP contribution is -2.41. The standard InChI is InChI=1S/C17H20N4O5/c1-3-9-21-15(23)12-8-6-5-7-11(12)14(20-21)16(24)26-10-13(22)19-17(25)18-4-2/h5-8H,3-4,9-10H2,1-2H3,(H2,18,19,22,25). The van der Waals surface area contributed by atoms with E-state index in [1.54, 1.807) is 31.2 Å². The molecule has 0 aliphatic heterocycles. The molecule has 138 valence electrons. The zero-order valence-corrected chi connectivity index (χ0v) is 14.6. The van der Waals surface area contributed by atoms with Gasteiger partial charge in [0.15, 0.2) is 12.3 Å². The van der Waals surface area contributed by atoms with Gasteiger partial charge in [0.2, 0.25) is 0 Å². The average molecular weight is 360 g/mol. The quantitative estimate of drug-likeness (QED) is 0.736. The molecule has 0 unspecified atom stereocenters. The number of carbonyl (C=O) groups is 3. The molecule has 0 spiro atoms. The van der Waals surface area contributed by atoms with Gasteiger partial charge in [-0.25, -0.2) is 14.3 Å². The number of nitrogens with one attached hydrogen (secondary N) is 2. The van der Waals surface area contributed by atoms with Crippen molar-refractivity contribution >= 4 is 28.7 Å². The molecule has 1 aromatic carbocycles. The maximum absolute atomic E-state index is 12.4. The van der Waals surface area contributed by atoms with Crippen LogP contribution in [0.25, 0.3) is 10.8 Å². The zero-order valence-electron chi connectivity index (χ0n) is 14.6. The van der Waals surface area contributed by atoms with Gasteiger partial charge in [-0.15, -0.1) is 0 Å². The molecular formula is C17H20N4O5. The Hall–Kier alpha value is -3.23. The maximum Gasteiger partial charge on any atom is 0.359 e. The number of imide groups is 1. The van der Waals surface area contributed by atoms with Crippen molar-refractivity contribution in [3.05, 3.63) is 40.3 Å². The van der Waals surface area contributed by atoms with Crippen LogP contribution in [0.5, 0.6) is 0 Å². The molecule has 2 rings (SSSR count). The van der Waals surface area contributed by atoms with Gasteiger partial charge in [0, 0.05) is 18.5 Å². The number of carbonyl (C=O) groups excluding carboxylic acids is 3. The summed E-state index contributed by atoms with van der Waals surface area (Å²) in [6, 6.07) is 5.88. The first-order chi connectivity index (χ1) is 12.5. The van der Waals surface area contributed by atoms with Crippen LogP contribution in [0.4, 0.5) is 4.79 Å². The second-order valence-electron chi connectivity index (χ2n) is 5.41. The SMILES string of the molecule is CCCn1nc(C(=O)OCC(=O)NC(=O)NCC)c2ccccc2c1=O. The summed E-state index contributed by atoms with van der Waals surface area (Å²) in [7, 11) is 0. The Kier molecular flexibility index (Phi) is 6.42. The summed E-state index contributed by atoms with van der Waals surface area (Å²) in [5.74, 6) is -1.62. The van der Waals surface area contributed by atoms with Gasteiger partial charge in [-0.3, -0.25) is 14.9 Å². The monoisotopic (exact) mass is 360 g/mol. The molecule has 0 bridgehead atoms. The molecule has 0 aliphatic rings. The van der Waals surface area contributed by atoms with E-state index in [1.807, 2.05) is 12.2 Å². The van der Waals surface area contributed by atoms with Crippen LogP contribution in [-0.4, -0.2) is 40.8 Å². The van der Waals surface area contributed by atoms with E-state index in [9.17, 15) is 19.2 Å². The highest BCUT2D eigenvalue weighted by atomic mass is 16.5. The molecule has 2 aromatic rings. The van der Waals surface area contributed by atoms with Crippen LogP contribution in [-0.2, 0) is 16.1 Å². The fraction of sp³-hybridized carbons (Fsp3) is 0.353. The molecule has 0 aliphatic carbocycles. The Labute approximate surface area is 149 Å². The van der Waals surface area contributed by atoms with Gasteiger partial charge in [0.25, 0.3) is 11.5 Å². The van der Waals surface area contributed by atoms with E-state index in [1.165, 1.54) is 4.68 Å². The Morgan fingerprint density at radius 2 is 1.85 bits per heavy atom. The van der Waals surface area contributed by atoms with Crippen molar-refractivity contribution in [3.8, 4) is 0 Å². The summed E-state index contributed by atoms with van der Waals surface area (Å²) >= 11 is 0. The highest BCUT2D eigenvalue weighted by Crippen LogP contribution is 2.14. The van der Waals surface area contributed by atoms with Crippen LogP contribution in [0.15, 0.2) is 29.1 Å². The number of fused-ring (bicyclic) bond motifs is 1. The second kappa shape index (κ2) is 8.75. The van der Waals surface area contributed by atoms with Gasteiger partial charge in [0.1, 0.15) is 0 Å². The van der Waals surface area contributed by atoms with E-state index in [4.69, 9.17) is 4.74 Å². The molecule has 0 saturated heterocycles. The van der Waals surface area contributed by atoms with Crippen molar-refractivity contribution in [1.29, 1.82) is 0 Å². The lowest BCUT2D eigenvalue weighted by molar-refractivity contribution is -0.123. The van der Waals surface area contributed by atoms with Crippen molar-refractivity contribution < 1.29 is 19.1 Å². The number of amides is 3. The number of esters is 1. The van der Waals surface area contributed by atoms with Crippen molar-refractivity contribution in [2.45, 2.75) is 26.8 Å². The van der Waals surface area contributed by atoms with Gasteiger partial charge in [-0.1, -0.05) is 25.1 Å². The smallest absolute Gasteiger partial charge is 0.359 e. The fourth-order valence-electron chi connectivity index (χ4n) is 2.32. The van der Waals surface area contributed by atoms with E-state index in [-0.39, 0.29) is 11.3 Å². The van der Waals surface area contributed by atoms with Crippen molar-refractivity contribution in [1.82, 2.24) is 20.4 Å². The normalized spacial score (nSPS) is 10.4. The van der Waals surface area contributed by atoms with Gasteiger partial charge < -0.3 is 10.1 Å². The minimum Gasteiger partial charge on any atom is -0.451 e.